The molecule has 15 heavy (non-hydrogen) atoms. The number of urea groups is 1. The maximum atomic E-state index is 10.7. The van der Waals surface area contributed by atoms with E-state index in [4.69, 9.17) is 9.93 Å². The van der Waals surface area contributed by atoms with Crippen LogP contribution in [0.25, 0.3) is 0 Å². The Kier molecular flexibility index (Phi) is 4.75. The largest absolute Gasteiger partial charge is 0.352 e. The van der Waals surface area contributed by atoms with Gasteiger partial charge in [0.2, 0.25) is 10.0 Å². The summed E-state index contributed by atoms with van der Waals surface area (Å²) in [4.78, 5) is 9.16. The molecule has 0 fully saturated rings. The van der Waals surface area contributed by atoms with Gasteiger partial charge in [0.1, 0.15) is 0 Å². The van der Waals surface area contributed by atoms with Gasteiger partial charge < -0.3 is 11.5 Å². The smallest absolute Gasteiger partial charge is 0.309 e. The van der Waals surface area contributed by atoms with Crippen molar-refractivity contribution in [2.24, 2.45) is 16.6 Å². The molecule has 6 nitrogen and oxygen atoms in total. The maximum absolute atomic E-state index is 10.7. The van der Waals surface area contributed by atoms with E-state index < -0.39 is 16.1 Å². The van der Waals surface area contributed by atoms with Gasteiger partial charge >= 0.3 is 6.03 Å². The van der Waals surface area contributed by atoms with Crippen LogP contribution in [0.3, 0.4) is 0 Å². The van der Waals surface area contributed by atoms with E-state index in [1.165, 1.54) is 12.1 Å². The lowest BCUT2D eigenvalue weighted by Crippen LogP contribution is -2.18. The van der Waals surface area contributed by atoms with Gasteiger partial charge in [-0.1, -0.05) is 17.7 Å². The number of hydrogen-bond acceptors (Lipinski definition) is 3. The molecule has 7 heteroatoms. The van der Waals surface area contributed by atoms with Gasteiger partial charge in [-0.15, -0.1) is 0 Å². The molecular formula is C8H13N3O3S. The minimum atomic E-state index is -3.52. The van der Waals surface area contributed by atoms with E-state index in [1.807, 2.05) is 6.92 Å². The molecule has 0 radical (unpaired) electrons. The number of carbonyl (C=O) groups excluding carboxylic acids is 1. The quantitative estimate of drug-likeness (QED) is 0.611. The number of carbonyl (C=O) groups is 1. The topological polar surface area (TPSA) is 129 Å². The molecule has 0 heterocycles. The van der Waals surface area contributed by atoms with Gasteiger partial charge in [-0.25, -0.2) is 18.4 Å². The fraction of sp³-hybridized carbons (Fsp3) is 0.125. The summed E-state index contributed by atoms with van der Waals surface area (Å²) in [5, 5.41) is 4.88. The second kappa shape index (κ2) is 5.32. The van der Waals surface area contributed by atoms with Gasteiger partial charge in [-0.05, 0) is 19.1 Å². The lowest BCUT2D eigenvalue weighted by atomic mass is 10.2. The van der Waals surface area contributed by atoms with Crippen molar-refractivity contribution < 1.29 is 13.2 Å². The van der Waals surface area contributed by atoms with Crippen molar-refractivity contribution in [2.75, 3.05) is 0 Å². The Morgan fingerprint density at radius 2 is 1.47 bits per heavy atom. The molecule has 0 spiro atoms. The van der Waals surface area contributed by atoms with E-state index in [0.717, 1.165) is 5.56 Å². The predicted molar refractivity (Wildman–Crippen MR) is 56.3 cm³/mol. The first-order chi connectivity index (χ1) is 6.73. The van der Waals surface area contributed by atoms with Crippen LogP contribution in [0.1, 0.15) is 5.56 Å². The normalized spacial score (nSPS) is 10.0. The van der Waals surface area contributed by atoms with Crippen LogP contribution in [0, 0.1) is 6.92 Å². The van der Waals surface area contributed by atoms with E-state index in [9.17, 15) is 8.42 Å². The zero-order valence-electron chi connectivity index (χ0n) is 8.17. The van der Waals surface area contributed by atoms with Crippen molar-refractivity contribution in [3.63, 3.8) is 0 Å². The van der Waals surface area contributed by atoms with E-state index >= 15 is 0 Å². The standard InChI is InChI=1S/C7H9NO2S.CH4N2O/c1-6-2-4-7(5-3-6)11(8,9)10;2-1(3)4/h2-5H,1H3,(H2,8,9,10);(H4,2,3,4). The maximum Gasteiger partial charge on any atom is 0.309 e. The van der Waals surface area contributed by atoms with Crippen LogP contribution >= 0.6 is 0 Å². The van der Waals surface area contributed by atoms with Crippen LogP contribution in [0.4, 0.5) is 4.79 Å². The van der Waals surface area contributed by atoms with Gasteiger partial charge in [0, 0.05) is 0 Å². The first-order valence-electron chi connectivity index (χ1n) is 3.88. The van der Waals surface area contributed by atoms with Crippen LogP contribution < -0.4 is 16.6 Å². The minimum Gasteiger partial charge on any atom is -0.352 e. The molecule has 0 aliphatic rings. The molecule has 2 amide bonds. The molecule has 0 bridgehead atoms. The molecule has 0 aliphatic heterocycles. The number of primary amides is 2. The third-order valence-corrected chi connectivity index (χ3v) is 2.28. The molecule has 84 valence electrons. The van der Waals surface area contributed by atoms with Crippen molar-refractivity contribution in [1.29, 1.82) is 0 Å². The lowest BCUT2D eigenvalue weighted by molar-refractivity contribution is 0.256. The number of rotatable bonds is 1. The monoisotopic (exact) mass is 231 g/mol. The van der Waals surface area contributed by atoms with Gasteiger partial charge in [-0.3, -0.25) is 0 Å². The molecule has 0 aromatic heterocycles. The van der Waals surface area contributed by atoms with Crippen LogP contribution in [-0.4, -0.2) is 14.4 Å². The van der Waals surface area contributed by atoms with Crippen LogP contribution in [0.2, 0.25) is 0 Å². The average Bonchev–Trinajstić information content (AvgIpc) is 2.01. The van der Waals surface area contributed by atoms with Gasteiger partial charge in [0.05, 0.1) is 4.90 Å². The number of aryl methyl sites for hydroxylation is 1. The van der Waals surface area contributed by atoms with E-state index in [2.05, 4.69) is 11.5 Å². The molecule has 1 rings (SSSR count). The second-order valence-electron chi connectivity index (χ2n) is 2.76. The molecule has 0 saturated carbocycles. The number of benzene rings is 1. The van der Waals surface area contributed by atoms with Crippen LogP contribution in [0.15, 0.2) is 29.2 Å². The van der Waals surface area contributed by atoms with Crippen molar-refractivity contribution in [3.05, 3.63) is 29.8 Å². The SMILES string of the molecule is Cc1ccc(S(N)(=O)=O)cc1.NC(N)=O. The summed E-state index contributed by atoms with van der Waals surface area (Å²) in [6, 6.07) is 5.56. The van der Waals surface area contributed by atoms with Crippen LogP contribution in [-0.2, 0) is 10.0 Å². The highest BCUT2D eigenvalue weighted by Crippen LogP contribution is 2.06. The summed E-state index contributed by atoms with van der Waals surface area (Å²) in [5.74, 6) is 0. The Morgan fingerprint density at radius 1 is 1.13 bits per heavy atom. The molecule has 0 saturated heterocycles. The molecule has 0 atom stereocenters. The third-order valence-electron chi connectivity index (χ3n) is 1.35. The molecule has 1 aromatic rings. The lowest BCUT2D eigenvalue weighted by Gasteiger charge is -1.96. The molecule has 6 N–H and O–H groups in total. The highest BCUT2D eigenvalue weighted by Gasteiger charge is 2.04. The van der Waals surface area contributed by atoms with E-state index in [-0.39, 0.29) is 4.90 Å². The number of primary sulfonamides is 1. The predicted octanol–water partition coefficient (Wildman–Crippen LogP) is -0.334. The Morgan fingerprint density at radius 3 is 1.73 bits per heavy atom. The fourth-order valence-corrected chi connectivity index (χ4v) is 1.24. The zero-order chi connectivity index (χ0) is 12.1. The number of nitrogens with two attached hydrogens (primary N) is 3. The highest BCUT2D eigenvalue weighted by molar-refractivity contribution is 7.89. The first-order valence-corrected chi connectivity index (χ1v) is 5.42. The van der Waals surface area contributed by atoms with E-state index in [1.54, 1.807) is 12.1 Å². The summed E-state index contributed by atoms with van der Waals surface area (Å²) in [7, 11) is -3.52. The summed E-state index contributed by atoms with van der Waals surface area (Å²) < 4.78 is 21.4. The van der Waals surface area contributed by atoms with Crippen molar-refractivity contribution in [3.8, 4) is 0 Å². The molecule has 0 unspecified atom stereocenters. The van der Waals surface area contributed by atoms with Crippen molar-refractivity contribution in [2.45, 2.75) is 11.8 Å². The first kappa shape index (κ1) is 13.4. The average molecular weight is 231 g/mol. The number of hydrogen-bond donors (Lipinski definition) is 3. The molecule has 1 aromatic carbocycles. The molecular weight excluding hydrogens is 218 g/mol. The Hall–Kier alpha value is -1.60. The molecule has 0 aliphatic carbocycles. The highest BCUT2D eigenvalue weighted by atomic mass is 32.2. The van der Waals surface area contributed by atoms with Gasteiger partial charge in [0.25, 0.3) is 0 Å². The number of amides is 2. The van der Waals surface area contributed by atoms with Crippen molar-refractivity contribution >= 4 is 16.1 Å². The van der Waals surface area contributed by atoms with E-state index in [0.29, 0.717) is 0 Å². The van der Waals surface area contributed by atoms with Gasteiger partial charge in [-0.2, -0.15) is 0 Å². The zero-order valence-corrected chi connectivity index (χ0v) is 8.99. The summed E-state index contributed by atoms with van der Waals surface area (Å²) >= 11 is 0. The summed E-state index contributed by atoms with van der Waals surface area (Å²) in [5.41, 5.74) is 9.51. The minimum absolute atomic E-state index is 0.156. The second-order valence-corrected chi connectivity index (χ2v) is 4.32. The number of sulfonamides is 1. The Labute approximate surface area is 88.1 Å². The summed E-state index contributed by atoms with van der Waals surface area (Å²) in [6.45, 7) is 1.88. The van der Waals surface area contributed by atoms with Crippen LogP contribution in [0.5, 0.6) is 0 Å². The van der Waals surface area contributed by atoms with Gasteiger partial charge in [0.15, 0.2) is 0 Å². The Bertz CT molecular complexity index is 421. The third kappa shape index (κ3) is 6.47. The van der Waals surface area contributed by atoms with Crippen molar-refractivity contribution in [1.82, 2.24) is 0 Å². The fourth-order valence-electron chi connectivity index (χ4n) is 0.728. The Balaban J connectivity index is 0.000000423. The summed E-state index contributed by atoms with van der Waals surface area (Å²) in [6.07, 6.45) is 0.